The lowest BCUT2D eigenvalue weighted by Crippen LogP contribution is -2.47. The van der Waals surface area contributed by atoms with E-state index in [1.54, 1.807) is 0 Å². The van der Waals surface area contributed by atoms with Crippen molar-refractivity contribution in [2.75, 3.05) is 54.6 Å². The maximum Gasteiger partial charge on any atom is 0.172 e. The lowest BCUT2D eigenvalue weighted by molar-refractivity contribution is 0.0901. The van der Waals surface area contributed by atoms with Crippen LogP contribution in [0.1, 0.15) is 32.6 Å². The van der Waals surface area contributed by atoms with E-state index in [0.717, 1.165) is 57.1 Å². The van der Waals surface area contributed by atoms with E-state index in [9.17, 15) is 0 Å². The SMILES string of the molecule is C[C@@H]1COCCN1c1cc(N2C3CCC2COC3)nnc1NCC1CC1. The minimum absolute atomic E-state index is 0.351. The van der Waals surface area contributed by atoms with Crippen LogP contribution in [0.5, 0.6) is 0 Å². The third-order valence-electron chi connectivity index (χ3n) is 6.20. The quantitative estimate of drug-likeness (QED) is 0.861. The first-order chi connectivity index (χ1) is 12.8. The number of morpholine rings is 2. The Morgan fingerprint density at radius 2 is 1.88 bits per heavy atom. The summed E-state index contributed by atoms with van der Waals surface area (Å²) >= 11 is 0. The largest absolute Gasteiger partial charge is 0.377 e. The second-order valence-corrected chi connectivity index (χ2v) is 8.21. The second kappa shape index (κ2) is 6.85. The monoisotopic (exact) mass is 359 g/mol. The van der Waals surface area contributed by atoms with Crippen molar-refractivity contribution >= 4 is 17.3 Å². The normalized spacial score (nSPS) is 31.3. The molecule has 0 spiro atoms. The molecule has 1 aliphatic carbocycles. The molecule has 1 saturated carbocycles. The maximum absolute atomic E-state index is 5.74. The van der Waals surface area contributed by atoms with Gasteiger partial charge in [-0.05, 0) is 38.5 Å². The van der Waals surface area contributed by atoms with Crippen LogP contribution in [0.3, 0.4) is 0 Å². The molecule has 0 amide bonds. The molecule has 0 aromatic carbocycles. The Morgan fingerprint density at radius 1 is 1.08 bits per heavy atom. The van der Waals surface area contributed by atoms with E-state index in [2.05, 4.69) is 38.3 Å². The Kier molecular flexibility index (Phi) is 4.36. The second-order valence-electron chi connectivity index (χ2n) is 8.21. The van der Waals surface area contributed by atoms with E-state index >= 15 is 0 Å². The first-order valence-corrected chi connectivity index (χ1v) is 10.1. The summed E-state index contributed by atoms with van der Waals surface area (Å²) in [6, 6.07) is 3.50. The minimum Gasteiger partial charge on any atom is -0.377 e. The number of aromatic nitrogens is 2. The first-order valence-electron chi connectivity index (χ1n) is 10.1. The first kappa shape index (κ1) is 16.6. The van der Waals surface area contributed by atoms with E-state index in [4.69, 9.17) is 9.47 Å². The zero-order valence-electron chi connectivity index (χ0n) is 15.6. The number of hydrogen-bond donors (Lipinski definition) is 1. The van der Waals surface area contributed by atoms with Crippen molar-refractivity contribution in [3.8, 4) is 0 Å². The van der Waals surface area contributed by atoms with Gasteiger partial charge in [-0.3, -0.25) is 0 Å². The summed E-state index contributed by atoms with van der Waals surface area (Å²) < 4.78 is 11.4. The summed E-state index contributed by atoms with van der Waals surface area (Å²) in [5, 5.41) is 12.8. The van der Waals surface area contributed by atoms with Gasteiger partial charge in [0, 0.05) is 25.2 Å². The number of nitrogens with zero attached hydrogens (tertiary/aromatic N) is 4. The fourth-order valence-corrected chi connectivity index (χ4v) is 4.49. The molecule has 3 aliphatic heterocycles. The Bertz CT molecular complexity index is 637. The van der Waals surface area contributed by atoms with Crippen LogP contribution in [0.25, 0.3) is 0 Å². The fraction of sp³-hybridized carbons (Fsp3) is 0.789. The van der Waals surface area contributed by atoms with Gasteiger partial charge in [-0.25, -0.2) is 0 Å². The summed E-state index contributed by atoms with van der Waals surface area (Å²) in [5.74, 6) is 2.74. The summed E-state index contributed by atoms with van der Waals surface area (Å²) in [5.41, 5.74) is 1.18. The standard InChI is InChI=1S/C19H29N5O2/c1-13-10-25-7-6-23(13)17-8-18(21-22-19(17)20-9-14-2-3-14)24-15-4-5-16(24)12-26-11-15/h8,13-16H,2-7,9-12H2,1H3,(H,20,22)/t13-,15?,16?/m1/s1. The molecule has 1 aromatic rings. The molecular formula is C19H29N5O2. The summed E-state index contributed by atoms with van der Waals surface area (Å²) in [6.45, 7) is 7.28. The van der Waals surface area contributed by atoms with Gasteiger partial charge < -0.3 is 24.6 Å². The van der Waals surface area contributed by atoms with Crippen LogP contribution in [0.4, 0.5) is 17.3 Å². The Labute approximate surface area is 155 Å². The predicted octanol–water partition coefficient (Wildman–Crippen LogP) is 1.89. The molecule has 0 radical (unpaired) electrons. The van der Waals surface area contributed by atoms with Gasteiger partial charge in [0.05, 0.1) is 44.2 Å². The number of anilines is 3. The molecule has 4 heterocycles. The highest BCUT2D eigenvalue weighted by Gasteiger charge is 2.39. The van der Waals surface area contributed by atoms with E-state index in [0.29, 0.717) is 18.1 Å². The molecule has 7 heteroatoms. The molecular weight excluding hydrogens is 330 g/mol. The van der Waals surface area contributed by atoms with Crippen molar-refractivity contribution in [2.24, 2.45) is 5.92 Å². The fourth-order valence-electron chi connectivity index (χ4n) is 4.49. The molecule has 142 valence electrons. The Balaban J connectivity index is 1.46. The molecule has 4 aliphatic rings. The molecule has 2 bridgehead atoms. The van der Waals surface area contributed by atoms with Crippen LogP contribution >= 0.6 is 0 Å². The van der Waals surface area contributed by atoms with E-state index in [1.807, 2.05) is 0 Å². The average molecular weight is 359 g/mol. The topological polar surface area (TPSA) is 62.8 Å². The summed E-state index contributed by atoms with van der Waals surface area (Å²) in [6.07, 6.45) is 5.05. The van der Waals surface area contributed by atoms with Crippen LogP contribution in [-0.2, 0) is 9.47 Å². The highest BCUT2D eigenvalue weighted by Crippen LogP contribution is 2.37. The molecule has 1 N–H and O–H groups in total. The highest BCUT2D eigenvalue weighted by molar-refractivity contribution is 5.70. The van der Waals surface area contributed by atoms with Gasteiger partial charge in [-0.15, -0.1) is 10.2 Å². The van der Waals surface area contributed by atoms with Crippen molar-refractivity contribution in [2.45, 2.75) is 50.7 Å². The van der Waals surface area contributed by atoms with Gasteiger partial charge in [0.25, 0.3) is 0 Å². The van der Waals surface area contributed by atoms with Crippen LogP contribution in [-0.4, -0.2) is 67.8 Å². The van der Waals surface area contributed by atoms with Gasteiger partial charge in [0.2, 0.25) is 0 Å². The van der Waals surface area contributed by atoms with Gasteiger partial charge in [0.1, 0.15) is 0 Å². The summed E-state index contributed by atoms with van der Waals surface area (Å²) in [4.78, 5) is 4.88. The number of nitrogens with one attached hydrogen (secondary N) is 1. The molecule has 3 saturated heterocycles. The number of ether oxygens (including phenoxy) is 2. The lowest BCUT2D eigenvalue weighted by atomic mass is 10.2. The van der Waals surface area contributed by atoms with Gasteiger partial charge in [-0.1, -0.05) is 0 Å². The molecule has 4 fully saturated rings. The lowest BCUT2D eigenvalue weighted by Gasteiger charge is -2.38. The van der Waals surface area contributed by atoms with Crippen molar-refractivity contribution in [1.82, 2.24) is 10.2 Å². The van der Waals surface area contributed by atoms with Crippen LogP contribution in [0.2, 0.25) is 0 Å². The predicted molar refractivity (Wildman–Crippen MR) is 101 cm³/mol. The maximum atomic E-state index is 5.74. The Hall–Kier alpha value is -1.60. The van der Waals surface area contributed by atoms with Gasteiger partial charge in [-0.2, -0.15) is 0 Å². The van der Waals surface area contributed by atoms with Crippen molar-refractivity contribution < 1.29 is 9.47 Å². The van der Waals surface area contributed by atoms with Crippen LogP contribution < -0.4 is 15.1 Å². The van der Waals surface area contributed by atoms with Gasteiger partial charge in [0.15, 0.2) is 11.6 Å². The molecule has 26 heavy (non-hydrogen) atoms. The molecule has 7 nitrogen and oxygen atoms in total. The average Bonchev–Trinajstić information content (AvgIpc) is 3.46. The number of rotatable bonds is 5. The van der Waals surface area contributed by atoms with E-state index in [-0.39, 0.29) is 0 Å². The highest BCUT2D eigenvalue weighted by atomic mass is 16.5. The molecule has 5 rings (SSSR count). The molecule has 2 unspecified atom stereocenters. The van der Waals surface area contributed by atoms with Crippen molar-refractivity contribution in [3.05, 3.63) is 6.07 Å². The van der Waals surface area contributed by atoms with Crippen molar-refractivity contribution in [1.29, 1.82) is 0 Å². The zero-order valence-corrected chi connectivity index (χ0v) is 15.6. The number of fused-ring (bicyclic) bond motifs is 2. The zero-order chi connectivity index (χ0) is 17.5. The van der Waals surface area contributed by atoms with Crippen molar-refractivity contribution in [3.63, 3.8) is 0 Å². The van der Waals surface area contributed by atoms with Gasteiger partial charge >= 0.3 is 0 Å². The summed E-state index contributed by atoms with van der Waals surface area (Å²) in [7, 11) is 0. The van der Waals surface area contributed by atoms with Crippen LogP contribution in [0.15, 0.2) is 6.07 Å². The van der Waals surface area contributed by atoms with Crippen LogP contribution in [0, 0.1) is 5.92 Å². The third-order valence-corrected chi connectivity index (χ3v) is 6.20. The minimum atomic E-state index is 0.351. The Morgan fingerprint density at radius 3 is 2.62 bits per heavy atom. The third kappa shape index (κ3) is 3.11. The van der Waals surface area contributed by atoms with E-state index in [1.165, 1.54) is 31.4 Å². The molecule has 3 atom stereocenters. The molecule has 1 aromatic heterocycles. The smallest absolute Gasteiger partial charge is 0.172 e. The van der Waals surface area contributed by atoms with E-state index < -0.39 is 0 Å². The number of hydrogen-bond acceptors (Lipinski definition) is 7.